The van der Waals surface area contributed by atoms with Gasteiger partial charge in [-0.15, -0.1) is 0 Å². The van der Waals surface area contributed by atoms with Crippen LogP contribution in [0, 0.1) is 0 Å². The quantitative estimate of drug-likeness (QED) is 0.772. The van der Waals surface area contributed by atoms with Gasteiger partial charge in [0.05, 0.1) is 13.3 Å². The maximum atomic E-state index is 12.1. The molecule has 21 heavy (non-hydrogen) atoms. The van der Waals surface area contributed by atoms with E-state index in [-0.39, 0.29) is 5.56 Å². The lowest BCUT2D eigenvalue weighted by molar-refractivity contribution is -0.909. The molecule has 0 aliphatic carbocycles. The van der Waals surface area contributed by atoms with Gasteiger partial charge in [-0.25, -0.2) is 4.98 Å². The molecule has 1 N–H and O–H groups in total. The molecule has 108 valence electrons. The highest BCUT2D eigenvalue weighted by molar-refractivity contribution is 9.10. The number of halogens is 1. The number of nitrogens with one attached hydrogen (secondary N) is 1. The molecule has 5 nitrogen and oxygen atoms in total. The standard InChI is InChI=1S/C15H14BrN3O2/c1-18(10-13-3-2-6-21-13)9-12-7-15(20)19-8-11(16)4-5-14(19)17-12/h2-8H,9-10H2,1H3/p+1. The molecule has 0 radical (unpaired) electrons. The molecule has 1 unspecified atom stereocenters. The van der Waals surface area contributed by atoms with Crippen molar-refractivity contribution in [3.05, 3.63) is 69.1 Å². The number of rotatable bonds is 4. The topological polar surface area (TPSA) is 52.0 Å². The van der Waals surface area contributed by atoms with E-state index in [9.17, 15) is 4.79 Å². The molecule has 3 rings (SSSR count). The van der Waals surface area contributed by atoms with Gasteiger partial charge in [0, 0.05) is 16.7 Å². The highest BCUT2D eigenvalue weighted by Gasteiger charge is 2.10. The molecule has 6 heteroatoms. The fourth-order valence-electron chi connectivity index (χ4n) is 2.30. The molecule has 1 atom stereocenters. The minimum Gasteiger partial charge on any atom is -0.463 e. The van der Waals surface area contributed by atoms with Crippen molar-refractivity contribution in [2.45, 2.75) is 13.1 Å². The predicted molar refractivity (Wildman–Crippen MR) is 82.2 cm³/mol. The third kappa shape index (κ3) is 3.22. The van der Waals surface area contributed by atoms with Crippen LogP contribution in [-0.4, -0.2) is 16.4 Å². The lowest BCUT2D eigenvalue weighted by Gasteiger charge is -2.12. The molecule has 0 fully saturated rings. The van der Waals surface area contributed by atoms with Gasteiger partial charge in [0.1, 0.15) is 24.4 Å². The summed E-state index contributed by atoms with van der Waals surface area (Å²) in [6.07, 6.45) is 3.40. The number of aromatic nitrogens is 2. The van der Waals surface area contributed by atoms with Crippen LogP contribution in [0.2, 0.25) is 0 Å². The van der Waals surface area contributed by atoms with E-state index in [1.54, 1.807) is 18.5 Å². The highest BCUT2D eigenvalue weighted by Crippen LogP contribution is 2.09. The lowest BCUT2D eigenvalue weighted by Crippen LogP contribution is -3.06. The van der Waals surface area contributed by atoms with Gasteiger partial charge in [0.25, 0.3) is 5.56 Å². The number of hydrogen-bond acceptors (Lipinski definition) is 3. The predicted octanol–water partition coefficient (Wildman–Crippen LogP) is 1.26. The van der Waals surface area contributed by atoms with Crippen LogP contribution in [0.5, 0.6) is 0 Å². The third-order valence-electron chi connectivity index (χ3n) is 3.22. The van der Waals surface area contributed by atoms with Crippen molar-refractivity contribution in [3.8, 4) is 0 Å². The van der Waals surface area contributed by atoms with Crippen LogP contribution in [-0.2, 0) is 13.1 Å². The monoisotopic (exact) mass is 348 g/mol. The number of nitrogens with zero attached hydrogens (tertiary/aromatic N) is 2. The van der Waals surface area contributed by atoms with Crippen LogP contribution >= 0.6 is 15.9 Å². The first-order valence-electron chi connectivity index (χ1n) is 6.63. The number of hydrogen-bond donors (Lipinski definition) is 1. The third-order valence-corrected chi connectivity index (χ3v) is 3.68. The number of furan rings is 1. The van der Waals surface area contributed by atoms with E-state index in [1.165, 1.54) is 9.30 Å². The van der Waals surface area contributed by atoms with Gasteiger partial charge in [0.15, 0.2) is 5.76 Å². The first-order valence-corrected chi connectivity index (χ1v) is 7.42. The molecule has 0 spiro atoms. The Hall–Kier alpha value is -1.92. The van der Waals surface area contributed by atoms with E-state index < -0.39 is 0 Å². The molecule has 0 aliphatic heterocycles. The summed E-state index contributed by atoms with van der Waals surface area (Å²) in [6.45, 7) is 1.43. The average Bonchev–Trinajstić information content (AvgIpc) is 2.92. The van der Waals surface area contributed by atoms with E-state index in [2.05, 4.69) is 20.9 Å². The number of quaternary nitrogens is 1. The second kappa shape index (κ2) is 5.83. The van der Waals surface area contributed by atoms with Gasteiger partial charge in [-0.1, -0.05) is 0 Å². The summed E-state index contributed by atoms with van der Waals surface area (Å²) in [5.41, 5.74) is 1.37. The van der Waals surface area contributed by atoms with Gasteiger partial charge in [0.2, 0.25) is 0 Å². The van der Waals surface area contributed by atoms with Crippen LogP contribution in [0.1, 0.15) is 11.5 Å². The SMILES string of the molecule is C[NH+](Cc1cc(=O)n2cc(Br)ccc2n1)Cc1ccco1. The van der Waals surface area contributed by atoms with Crippen molar-refractivity contribution in [1.82, 2.24) is 9.38 Å². The molecule has 0 aliphatic rings. The van der Waals surface area contributed by atoms with E-state index in [4.69, 9.17) is 4.42 Å². The minimum atomic E-state index is -0.0675. The Bertz CT molecular complexity index is 811. The summed E-state index contributed by atoms with van der Waals surface area (Å²) < 4.78 is 7.73. The Balaban J connectivity index is 1.84. The Morgan fingerprint density at radius 1 is 1.33 bits per heavy atom. The molecule has 0 saturated heterocycles. The molecule has 0 amide bonds. The molecule has 3 aromatic heterocycles. The molecule has 0 saturated carbocycles. The van der Waals surface area contributed by atoms with E-state index >= 15 is 0 Å². The molecular formula is C15H15BrN3O2+. The summed E-state index contributed by atoms with van der Waals surface area (Å²) in [6, 6.07) is 9.12. The van der Waals surface area contributed by atoms with Crippen molar-refractivity contribution in [2.75, 3.05) is 7.05 Å². The Labute approximate surface area is 130 Å². The van der Waals surface area contributed by atoms with E-state index in [1.807, 2.05) is 31.3 Å². The Morgan fingerprint density at radius 3 is 2.95 bits per heavy atom. The largest absolute Gasteiger partial charge is 0.463 e. The van der Waals surface area contributed by atoms with Crippen LogP contribution in [0.15, 0.2) is 56.5 Å². The lowest BCUT2D eigenvalue weighted by atomic mass is 10.3. The molecule has 3 heterocycles. The second-order valence-corrected chi connectivity index (χ2v) is 5.97. The average molecular weight is 349 g/mol. The Kier molecular flexibility index (Phi) is 3.90. The van der Waals surface area contributed by atoms with Gasteiger partial charge >= 0.3 is 0 Å². The highest BCUT2D eigenvalue weighted by atomic mass is 79.9. The van der Waals surface area contributed by atoms with Crippen LogP contribution in [0.4, 0.5) is 0 Å². The fraction of sp³-hybridized carbons (Fsp3) is 0.200. The number of pyridine rings is 1. The zero-order chi connectivity index (χ0) is 14.8. The zero-order valence-electron chi connectivity index (χ0n) is 11.5. The zero-order valence-corrected chi connectivity index (χ0v) is 13.1. The smallest absolute Gasteiger partial charge is 0.258 e. The van der Waals surface area contributed by atoms with Crippen LogP contribution < -0.4 is 10.5 Å². The van der Waals surface area contributed by atoms with Gasteiger partial charge < -0.3 is 9.32 Å². The van der Waals surface area contributed by atoms with Gasteiger partial charge in [-0.2, -0.15) is 0 Å². The van der Waals surface area contributed by atoms with Crippen LogP contribution in [0.25, 0.3) is 5.65 Å². The first-order chi connectivity index (χ1) is 10.1. The van der Waals surface area contributed by atoms with Crippen molar-refractivity contribution < 1.29 is 9.32 Å². The van der Waals surface area contributed by atoms with Crippen molar-refractivity contribution in [1.29, 1.82) is 0 Å². The molecular weight excluding hydrogens is 334 g/mol. The fourth-order valence-corrected chi connectivity index (χ4v) is 2.64. The summed E-state index contributed by atoms with van der Waals surface area (Å²) >= 11 is 3.36. The molecule has 0 aromatic carbocycles. The van der Waals surface area contributed by atoms with Crippen molar-refractivity contribution in [3.63, 3.8) is 0 Å². The normalized spacial score (nSPS) is 12.7. The summed E-state index contributed by atoms with van der Waals surface area (Å²) in [7, 11) is 2.05. The molecule has 0 bridgehead atoms. The van der Waals surface area contributed by atoms with Gasteiger partial charge in [-0.05, 0) is 40.2 Å². The molecule has 3 aromatic rings. The number of fused-ring (bicyclic) bond motifs is 1. The van der Waals surface area contributed by atoms with E-state index in [0.717, 1.165) is 22.5 Å². The Morgan fingerprint density at radius 2 is 2.19 bits per heavy atom. The maximum absolute atomic E-state index is 12.1. The van der Waals surface area contributed by atoms with Crippen molar-refractivity contribution >= 4 is 21.6 Å². The maximum Gasteiger partial charge on any atom is 0.258 e. The van der Waals surface area contributed by atoms with Gasteiger partial charge in [-0.3, -0.25) is 9.20 Å². The first kappa shape index (κ1) is 14.0. The second-order valence-electron chi connectivity index (χ2n) is 5.05. The van der Waals surface area contributed by atoms with Crippen LogP contribution in [0.3, 0.4) is 0 Å². The van der Waals surface area contributed by atoms with Crippen molar-refractivity contribution in [2.24, 2.45) is 0 Å². The summed E-state index contributed by atoms with van der Waals surface area (Å²) in [4.78, 5) is 17.9. The summed E-state index contributed by atoms with van der Waals surface area (Å²) in [5, 5.41) is 0. The van der Waals surface area contributed by atoms with E-state index in [0.29, 0.717) is 12.2 Å². The minimum absolute atomic E-state index is 0.0675. The summed E-state index contributed by atoms with van der Waals surface area (Å²) in [5.74, 6) is 0.925.